The average molecular weight is 413 g/mol. The molecule has 0 heterocycles. The van der Waals surface area contributed by atoms with Gasteiger partial charge in [-0.3, -0.25) is 4.79 Å². The molecule has 2 nitrogen and oxygen atoms in total. The predicted molar refractivity (Wildman–Crippen MR) is 96.4 cm³/mol. The number of amides is 1. The van der Waals surface area contributed by atoms with Crippen molar-refractivity contribution >= 4 is 48.5 Å². The summed E-state index contributed by atoms with van der Waals surface area (Å²) in [4.78, 5) is 12.3. The van der Waals surface area contributed by atoms with Crippen LogP contribution in [0.5, 0.6) is 0 Å². The Kier molecular flexibility index (Phi) is 5.82. The number of fused-ring (bicyclic) bond motifs is 1. The van der Waals surface area contributed by atoms with Gasteiger partial charge in [0.1, 0.15) is 0 Å². The minimum atomic E-state index is -0.214. The quantitative estimate of drug-likeness (QED) is 0.698. The molecule has 1 amide bonds. The molecule has 0 spiro atoms. The van der Waals surface area contributed by atoms with Crippen molar-refractivity contribution in [2.45, 2.75) is 25.3 Å². The van der Waals surface area contributed by atoms with Gasteiger partial charge >= 0.3 is 0 Å². The van der Waals surface area contributed by atoms with Crippen LogP contribution in [0.4, 0.5) is 0 Å². The van der Waals surface area contributed by atoms with Gasteiger partial charge < -0.3 is 5.32 Å². The highest BCUT2D eigenvalue weighted by molar-refractivity contribution is 9.09. The molecule has 2 aromatic carbocycles. The van der Waals surface area contributed by atoms with Crippen LogP contribution in [0.25, 0.3) is 10.8 Å². The summed E-state index contributed by atoms with van der Waals surface area (Å²) in [5.41, 5.74) is 0.828. The lowest BCUT2D eigenvalue weighted by Gasteiger charge is -2.30. The van der Waals surface area contributed by atoms with Gasteiger partial charge in [0.2, 0.25) is 5.91 Å². The lowest BCUT2D eigenvalue weighted by Crippen LogP contribution is -2.51. The zero-order chi connectivity index (χ0) is 15.3. The Balaban J connectivity index is 2.10. The first-order valence-corrected chi connectivity index (χ1v) is 9.27. The van der Waals surface area contributed by atoms with Crippen molar-refractivity contribution in [3.05, 3.63) is 48.0 Å². The first kappa shape index (κ1) is 16.5. The monoisotopic (exact) mass is 411 g/mol. The lowest BCUT2D eigenvalue weighted by atomic mass is 10.0. The zero-order valence-electron chi connectivity index (χ0n) is 12.0. The van der Waals surface area contributed by atoms with E-state index < -0.39 is 0 Å². The minimum Gasteiger partial charge on any atom is -0.349 e. The van der Waals surface area contributed by atoms with E-state index in [1.54, 1.807) is 0 Å². The molecule has 2 aromatic rings. The van der Waals surface area contributed by atoms with Crippen LogP contribution in [0, 0.1) is 0 Å². The number of carbonyl (C=O) groups is 1. The fourth-order valence-corrected chi connectivity index (χ4v) is 4.26. The minimum absolute atomic E-state index is 0.0611. The molecule has 0 aliphatic rings. The van der Waals surface area contributed by atoms with Crippen molar-refractivity contribution in [3.63, 3.8) is 0 Å². The summed E-state index contributed by atoms with van der Waals surface area (Å²) in [5.74, 6) is 0.0611. The van der Waals surface area contributed by atoms with Gasteiger partial charge in [0, 0.05) is 10.7 Å². The van der Waals surface area contributed by atoms with Crippen molar-refractivity contribution in [1.82, 2.24) is 5.32 Å². The Labute approximate surface area is 142 Å². The Bertz CT molecular complexity index is 615. The molecule has 0 aliphatic carbocycles. The Morgan fingerprint density at radius 3 is 2.38 bits per heavy atom. The summed E-state index contributed by atoms with van der Waals surface area (Å²) < 4.78 is 0. The van der Waals surface area contributed by atoms with E-state index in [-0.39, 0.29) is 11.4 Å². The van der Waals surface area contributed by atoms with Crippen molar-refractivity contribution in [2.24, 2.45) is 0 Å². The van der Waals surface area contributed by atoms with E-state index in [1.807, 2.05) is 18.2 Å². The van der Waals surface area contributed by atoms with Crippen molar-refractivity contribution in [3.8, 4) is 0 Å². The molecule has 2 rings (SSSR count). The molecule has 112 valence electrons. The van der Waals surface area contributed by atoms with E-state index in [2.05, 4.69) is 68.4 Å². The second-order valence-electron chi connectivity index (χ2n) is 5.31. The molecule has 0 aliphatic heterocycles. The Hall–Kier alpha value is -0.870. The van der Waals surface area contributed by atoms with Crippen molar-refractivity contribution < 1.29 is 4.79 Å². The van der Waals surface area contributed by atoms with Crippen molar-refractivity contribution in [1.29, 1.82) is 0 Å². The van der Waals surface area contributed by atoms with Gasteiger partial charge in [-0.1, -0.05) is 81.2 Å². The Morgan fingerprint density at radius 2 is 1.76 bits per heavy atom. The molecule has 0 fully saturated rings. The van der Waals surface area contributed by atoms with Crippen molar-refractivity contribution in [2.75, 3.05) is 10.7 Å². The van der Waals surface area contributed by atoms with Crippen LogP contribution in [0.2, 0.25) is 0 Å². The van der Waals surface area contributed by atoms with E-state index in [0.717, 1.165) is 22.6 Å². The SMILES string of the molecule is CCC(CBr)(CBr)NC(=O)Cc1ccc2ccccc2c1. The molecular formula is C17H19Br2NO. The summed E-state index contributed by atoms with van der Waals surface area (Å²) in [6.07, 6.45) is 1.29. The molecule has 0 aromatic heterocycles. The number of alkyl halides is 2. The summed E-state index contributed by atoms with van der Waals surface area (Å²) in [5, 5.41) is 7.00. The van der Waals surface area contributed by atoms with Crippen LogP contribution in [0.15, 0.2) is 42.5 Å². The van der Waals surface area contributed by atoms with Crippen LogP contribution in [0.1, 0.15) is 18.9 Å². The van der Waals surface area contributed by atoms with Gasteiger partial charge in [-0.25, -0.2) is 0 Å². The molecule has 0 saturated carbocycles. The highest BCUT2D eigenvalue weighted by atomic mass is 79.9. The van der Waals surface area contributed by atoms with Gasteiger partial charge in [0.15, 0.2) is 0 Å². The third-order valence-corrected chi connectivity index (χ3v) is 5.92. The number of carbonyl (C=O) groups excluding carboxylic acids is 1. The first-order valence-electron chi connectivity index (χ1n) is 7.03. The molecule has 21 heavy (non-hydrogen) atoms. The maximum Gasteiger partial charge on any atom is 0.224 e. The van der Waals surface area contributed by atoms with E-state index in [4.69, 9.17) is 0 Å². The summed E-state index contributed by atoms with van der Waals surface area (Å²) >= 11 is 6.99. The maximum atomic E-state index is 12.3. The molecular weight excluding hydrogens is 394 g/mol. The molecule has 1 N–H and O–H groups in total. The number of hydrogen-bond acceptors (Lipinski definition) is 1. The smallest absolute Gasteiger partial charge is 0.224 e. The fraction of sp³-hybridized carbons (Fsp3) is 0.353. The van der Waals surface area contributed by atoms with Crippen LogP contribution in [0.3, 0.4) is 0 Å². The number of nitrogens with one attached hydrogen (secondary N) is 1. The molecule has 0 radical (unpaired) electrons. The van der Waals surface area contributed by atoms with Gasteiger partial charge in [-0.05, 0) is 22.8 Å². The summed E-state index contributed by atoms with van der Waals surface area (Å²) in [6, 6.07) is 14.4. The molecule has 0 atom stereocenters. The second kappa shape index (κ2) is 7.41. The zero-order valence-corrected chi connectivity index (χ0v) is 15.2. The third-order valence-electron chi connectivity index (χ3n) is 3.77. The Morgan fingerprint density at radius 1 is 1.10 bits per heavy atom. The summed E-state index contributed by atoms with van der Waals surface area (Å²) in [6.45, 7) is 2.08. The number of rotatable bonds is 6. The number of halogens is 2. The first-order chi connectivity index (χ1) is 10.1. The molecule has 0 saturated heterocycles. The van der Waals surface area contributed by atoms with E-state index >= 15 is 0 Å². The van der Waals surface area contributed by atoms with E-state index in [0.29, 0.717) is 6.42 Å². The standard InChI is InChI=1S/C17H19Br2NO/c1-2-17(11-18,12-19)20-16(21)10-13-7-8-14-5-3-4-6-15(14)9-13/h3-9H,2,10-12H2,1H3,(H,20,21). The van der Waals surface area contributed by atoms with Crippen LogP contribution in [-0.4, -0.2) is 22.1 Å². The van der Waals surface area contributed by atoms with E-state index in [1.165, 1.54) is 10.8 Å². The second-order valence-corrected chi connectivity index (χ2v) is 6.43. The highest BCUT2D eigenvalue weighted by Gasteiger charge is 2.27. The number of benzene rings is 2. The lowest BCUT2D eigenvalue weighted by molar-refractivity contribution is -0.121. The van der Waals surface area contributed by atoms with E-state index in [9.17, 15) is 4.79 Å². The maximum absolute atomic E-state index is 12.3. The van der Waals surface area contributed by atoms with Gasteiger partial charge in [-0.2, -0.15) is 0 Å². The number of hydrogen-bond donors (Lipinski definition) is 1. The topological polar surface area (TPSA) is 29.1 Å². The van der Waals surface area contributed by atoms with Gasteiger partial charge in [-0.15, -0.1) is 0 Å². The van der Waals surface area contributed by atoms with Crippen LogP contribution < -0.4 is 5.32 Å². The average Bonchev–Trinajstić information content (AvgIpc) is 2.52. The molecule has 0 bridgehead atoms. The summed E-state index contributed by atoms with van der Waals surface area (Å²) in [7, 11) is 0. The normalized spacial score (nSPS) is 11.6. The molecule has 4 heteroatoms. The van der Waals surface area contributed by atoms with Crippen LogP contribution >= 0.6 is 31.9 Å². The molecule has 0 unspecified atom stereocenters. The van der Waals surface area contributed by atoms with Gasteiger partial charge in [0.25, 0.3) is 0 Å². The fourth-order valence-electron chi connectivity index (χ4n) is 2.25. The predicted octanol–water partition coefficient (Wildman–Crippen LogP) is 4.44. The van der Waals surface area contributed by atoms with Gasteiger partial charge in [0.05, 0.1) is 12.0 Å². The highest BCUT2D eigenvalue weighted by Crippen LogP contribution is 2.19. The largest absolute Gasteiger partial charge is 0.349 e. The van der Waals surface area contributed by atoms with Crippen LogP contribution in [-0.2, 0) is 11.2 Å². The third kappa shape index (κ3) is 4.07.